The maximum atomic E-state index is 15.2. The van der Waals surface area contributed by atoms with Gasteiger partial charge < -0.3 is 34.6 Å². The van der Waals surface area contributed by atoms with Gasteiger partial charge in [-0.1, -0.05) is 0 Å². The maximum absolute atomic E-state index is 15.2. The molecule has 326 valence electrons. The van der Waals surface area contributed by atoms with Crippen LogP contribution in [0.15, 0.2) is 65.5 Å². The minimum absolute atomic E-state index is 0.152. The number of aromatic nitrogens is 4. The van der Waals surface area contributed by atoms with E-state index in [1.54, 1.807) is 45.1 Å². The fourth-order valence-electron chi connectivity index (χ4n) is 8.90. The molecule has 18 heteroatoms. The van der Waals surface area contributed by atoms with Gasteiger partial charge in [-0.3, -0.25) is 25.0 Å². The highest BCUT2D eigenvalue weighted by atomic mass is 79.9. The first-order valence-corrected chi connectivity index (χ1v) is 24.3. The van der Waals surface area contributed by atoms with Gasteiger partial charge in [0.05, 0.1) is 39.5 Å². The third-order valence-corrected chi connectivity index (χ3v) is 14.3. The first-order valence-electron chi connectivity index (χ1n) is 20.9. The van der Waals surface area contributed by atoms with Crippen LogP contribution in [0.4, 0.5) is 49.4 Å². The van der Waals surface area contributed by atoms with Crippen LogP contribution in [0.3, 0.4) is 0 Å². The van der Waals surface area contributed by atoms with Crippen LogP contribution in [-0.2, 0) is 9.36 Å². The molecule has 3 amide bonds. The molecule has 62 heavy (non-hydrogen) atoms. The monoisotopic (exact) mass is 927 g/mol. The van der Waals surface area contributed by atoms with Crippen molar-refractivity contribution in [3.8, 4) is 5.75 Å². The molecule has 2 aromatic heterocycles. The number of hydrogen-bond acceptors (Lipinski definition) is 13. The molecule has 5 aromatic rings. The predicted octanol–water partition coefficient (Wildman–Crippen LogP) is 7.64. The minimum atomic E-state index is -2.77. The number of aryl methyl sites for hydroxylation is 1. The molecule has 3 saturated heterocycles. The summed E-state index contributed by atoms with van der Waals surface area (Å²) in [5.74, 6) is 1.29. The molecule has 3 aliphatic heterocycles. The van der Waals surface area contributed by atoms with Gasteiger partial charge in [0.15, 0.2) is 0 Å². The number of methoxy groups -OCH3 is 1. The molecule has 0 spiro atoms. The minimum Gasteiger partial charge on any atom is -0.494 e. The highest BCUT2D eigenvalue weighted by molar-refractivity contribution is 9.10. The van der Waals surface area contributed by atoms with Crippen LogP contribution < -0.4 is 40.7 Å². The Balaban J connectivity index is 0.858. The van der Waals surface area contributed by atoms with E-state index in [1.165, 1.54) is 11.0 Å². The van der Waals surface area contributed by atoms with Crippen molar-refractivity contribution in [1.29, 1.82) is 0 Å². The number of imide groups is 1. The van der Waals surface area contributed by atoms with Crippen molar-refractivity contribution in [3.63, 3.8) is 0 Å². The van der Waals surface area contributed by atoms with E-state index in [0.717, 1.165) is 81.0 Å². The number of anilines is 7. The number of piperidine rings is 2. The second kappa shape index (κ2) is 18.1. The van der Waals surface area contributed by atoms with Crippen molar-refractivity contribution < 1.29 is 23.3 Å². The third kappa shape index (κ3) is 9.35. The lowest BCUT2D eigenvalue weighted by Crippen LogP contribution is -2.49. The number of urea groups is 1. The second-order valence-corrected chi connectivity index (χ2v) is 20.7. The SMILES string of the molecule is COc1cc(N2CCC(N(C)CC3CCN(c4ccc(N5CCC(=O)NC5=O)c(F)c4)CC3)CC2)c(C)cc1Nc1ncc(Br)c(Nc2ccc3nccnc3c2P(C)(C)=O)n1. The summed E-state index contributed by atoms with van der Waals surface area (Å²) >= 11 is 3.58. The van der Waals surface area contributed by atoms with E-state index >= 15 is 4.39 Å². The zero-order valence-electron chi connectivity index (χ0n) is 35.6. The van der Waals surface area contributed by atoms with Crippen molar-refractivity contribution in [3.05, 3.63) is 76.9 Å². The van der Waals surface area contributed by atoms with E-state index < -0.39 is 19.0 Å². The topological polar surface area (TPSA) is 161 Å². The van der Waals surface area contributed by atoms with Crippen LogP contribution in [0, 0.1) is 18.7 Å². The number of carbonyl (C=O) groups is 2. The van der Waals surface area contributed by atoms with Gasteiger partial charge in [-0.15, -0.1) is 0 Å². The van der Waals surface area contributed by atoms with E-state index in [-0.39, 0.29) is 24.6 Å². The fraction of sp³-hybridized carbons (Fsp3) is 0.409. The summed E-state index contributed by atoms with van der Waals surface area (Å²) in [7, 11) is 1.13. The molecule has 0 unspecified atom stereocenters. The van der Waals surface area contributed by atoms with E-state index in [9.17, 15) is 14.2 Å². The van der Waals surface area contributed by atoms with Gasteiger partial charge in [0.2, 0.25) is 11.9 Å². The van der Waals surface area contributed by atoms with Crippen molar-refractivity contribution in [2.24, 2.45) is 5.92 Å². The Labute approximate surface area is 369 Å². The number of amides is 3. The van der Waals surface area contributed by atoms with Crippen LogP contribution in [0.1, 0.15) is 37.7 Å². The van der Waals surface area contributed by atoms with Gasteiger partial charge in [-0.25, -0.2) is 14.2 Å². The summed E-state index contributed by atoms with van der Waals surface area (Å²) in [4.78, 5) is 50.5. The van der Waals surface area contributed by atoms with Crippen LogP contribution in [-0.4, -0.2) is 110 Å². The second-order valence-electron chi connectivity index (χ2n) is 16.7. The van der Waals surface area contributed by atoms with Crippen LogP contribution in [0.5, 0.6) is 5.75 Å². The Kier molecular flexibility index (Phi) is 12.7. The Morgan fingerprint density at radius 2 is 1.66 bits per heavy atom. The Bertz CT molecular complexity index is 2540. The molecule has 0 radical (unpaired) electrons. The van der Waals surface area contributed by atoms with Crippen molar-refractivity contribution in [2.75, 3.05) is 92.1 Å². The number of carbonyl (C=O) groups excluding carboxylic acids is 2. The summed E-state index contributed by atoms with van der Waals surface area (Å²) < 4.78 is 35.2. The van der Waals surface area contributed by atoms with E-state index in [2.05, 4.69) is 87.6 Å². The number of nitrogens with one attached hydrogen (secondary N) is 3. The molecule has 0 bridgehead atoms. The maximum Gasteiger partial charge on any atom is 0.328 e. The molecule has 3 N–H and O–H groups in total. The van der Waals surface area contributed by atoms with Crippen molar-refractivity contribution in [2.45, 2.75) is 45.1 Å². The number of hydrogen-bond donors (Lipinski definition) is 3. The summed E-state index contributed by atoms with van der Waals surface area (Å²) in [6.07, 6.45) is 9.18. The Morgan fingerprint density at radius 3 is 2.37 bits per heavy atom. The highest BCUT2D eigenvalue weighted by Crippen LogP contribution is 2.42. The number of benzene rings is 3. The van der Waals surface area contributed by atoms with Gasteiger partial charge in [-0.05, 0) is 117 Å². The lowest BCUT2D eigenvalue weighted by molar-refractivity contribution is -0.120. The lowest BCUT2D eigenvalue weighted by Gasteiger charge is -2.41. The molecule has 5 heterocycles. The molecule has 8 rings (SSSR count). The van der Waals surface area contributed by atoms with Gasteiger partial charge >= 0.3 is 6.03 Å². The Morgan fingerprint density at radius 1 is 0.919 bits per heavy atom. The third-order valence-electron chi connectivity index (χ3n) is 12.1. The zero-order chi connectivity index (χ0) is 43.7. The van der Waals surface area contributed by atoms with Crippen LogP contribution in [0.25, 0.3) is 11.0 Å². The number of rotatable bonds is 12. The van der Waals surface area contributed by atoms with E-state index in [0.29, 0.717) is 56.0 Å². The van der Waals surface area contributed by atoms with Gasteiger partial charge in [-0.2, -0.15) is 4.98 Å². The van der Waals surface area contributed by atoms with Gasteiger partial charge in [0.25, 0.3) is 0 Å². The number of nitrogens with zero attached hydrogens (tertiary/aromatic N) is 8. The van der Waals surface area contributed by atoms with Crippen molar-refractivity contribution >= 4 is 91.6 Å². The summed E-state index contributed by atoms with van der Waals surface area (Å²) in [5.41, 5.74) is 5.88. The van der Waals surface area contributed by atoms with E-state index in [1.807, 2.05) is 18.2 Å². The molecule has 0 aliphatic carbocycles. The summed E-state index contributed by atoms with van der Waals surface area (Å²) in [5, 5.41) is 9.59. The first-order chi connectivity index (χ1) is 29.7. The number of halogens is 2. The molecular formula is C44H52BrFN11O4P. The van der Waals surface area contributed by atoms with E-state index in [4.69, 9.17) is 9.72 Å². The largest absolute Gasteiger partial charge is 0.494 e. The number of fused-ring (bicyclic) bond motifs is 1. The normalized spacial score (nSPS) is 16.9. The molecule has 3 fully saturated rings. The zero-order valence-corrected chi connectivity index (χ0v) is 38.1. The molecule has 15 nitrogen and oxygen atoms in total. The quantitative estimate of drug-likeness (QED) is 0.105. The smallest absolute Gasteiger partial charge is 0.328 e. The van der Waals surface area contributed by atoms with Crippen molar-refractivity contribution in [1.82, 2.24) is 30.2 Å². The van der Waals surface area contributed by atoms with Gasteiger partial charge in [0, 0.05) is 87.8 Å². The average molecular weight is 929 g/mol. The first kappa shape index (κ1) is 43.3. The summed E-state index contributed by atoms with van der Waals surface area (Å²) in [6.45, 7) is 10.3. The highest BCUT2D eigenvalue weighted by Gasteiger charge is 2.30. The molecule has 0 atom stereocenters. The standard InChI is InChI=1S/C44H52BrFN11O4P/c1-27-22-35(51-43-49-25-31(45)42(53-43)50-34-8-7-33-40(48-16-15-47-33)41(34)62(4,5)60)38(61-3)24-37(27)56-19-12-29(13-20-56)54(2)26-28-10-17-55(18-11-28)30-6-9-36(32(46)23-30)57-21-14-39(58)52-44(57)59/h6-9,15-16,22-25,28-29H,10-14,17-21,26H2,1-5H3,(H,52,58,59)(H2,49,50,51,53). The molecule has 3 aromatic carbocycles. The Hall–Kier alpha value is -5.38. The lowest BCUT2D eigenvalue weighted by atomic mass is 9.94. The molecular weight excluding hydrogens is 876 g/mol. The van der Waals surface area contributed by atoms with Crippen LogP contribution >= 0.6 is 23.1 Å². The van der Waals surface area contributed by atoms with Crippen LogP contribution in [0.2, 0.25) is 0 Å². The number of ether oxygens (including phenoxy) is 1. The molecule has 0 saturated carbocycles. The predicted molar refractivity (Wildman–Crippen MR) is 247 cm³/mol. The van der Waals surface area contributed by atoms with Gasteiger partial charge in [0.1, 0.15) is 30.0 Å². The summed E-state index contributed by atoms with van der Waals surface area (Å²) in [6, 6.07) is 12.8. The average Bonchev–Trinajstić information content (AvgIpc) is 3.25. The fourth-order valence-corrected chi connectivity index (χ4v) is 10.6. The molecule has 3 aliphatic rings.